The van der Waals surface area contributed by atoms with Crippen LogP contribution in [0.15, 0.2) is 97.2 Å². The third-order valence-corrected chi connectivity index (χ3v) is 13.4. The van der Waals surface area contributed by atoms with Crippen LogP contribution < -0.4 is 0 Å². The van der Waals surface area contributed by atoms with E-state index in [4.69, 9.17) is 23.3 Å². The van der Waals surface area contributed by atoms with Gasteiger partial charge in [-0.3, -0.25) is 23.4 Å². The maximum Gasteiger partial charge on any atom is 0.472 e. The van der Waals surface area contributed by atoms with E-state index in [1.165, 1.54) is 70.6 Å². The van der Waals surface area contributed by atoms with Gasteiger partial charge in [0.15, 0.2) is 6.10 Å². The number of hydrogen-bond donors (Lipinski definition) is 2. The first-order chi connectivity index (χ1) is 37.2. The Morgan fingerprint density at radius 1 is 0.382 bits per heavy atom. The van der Waals surface area contributed by atoms with Crippen LogP contribution in [0.5, 0.6) is 0 Å². The fourth-order valence-corrected chi connectivity index (χ4v) is 8.70. The molecule has 0 spiro atoms. The molecule has 0 aliphatic rings. The fraction of sp³-hybridized carbons (Fsp3) is 0.703. The van der Waals surface area contributed by atoms with E-state index in [-0.39, 0.29) is 25.9 Å². The first-order valence-electron chi connectivity index (χ1n) is 30.1. The minimum absolute atomic E-state index is 0.142. The molecule has 76 heavy (non-hydrogen) atoms. The maximum absolute atomic E-state index is 12.9. The summed E-state index contributed by atoms with van der Waals surface area (Å²) in [4.78, 5) is 48.6. The SMILES string of the molecule is CC/C=C\C/C=C\C/C=C\C/C=C\C/C=C\CCCCCC(=O)OCC(COP(=O)(O)OCC(CO)OC(=O)CCCCCCCCCCCCC)OC(=O)CCCCCCCC/C=C\C/C=C\C/C=C\CCCCC. The summed E-state index contributed by atoms with van der Waals surface area (Å²) in [5, 5.41) is 9.81. The number of phosphoric acid groups is 1. The van der Waals surface area contributed by atoms with E-state index in [0.29, 0.717) is 19.3 Å². The monoisotopic (exact) mass is 1080 g/mol. The zero-order chi connectivity index (χ0) is 55.5. The number of unbranched alkanes of at least 4 members (excludes halogenated alkanes) is 22. The van der Waals surface area contributed by atoms with Gasteiger partial charge in [0.1, 0.15) is 12.7 Å². The van der Waals surface area contributed by atoms with E-state index in [1.807, 2.05) is 0 Å². The molecule has 0 saturated carbocycles. The van der Waals surface area contributed by atoms with Gasteiger partial charge in [-0.05, 0) is 103 Å². The summed E-state index contributed by atoms with van der Waals surface area (Å²) in [6, 6.07) is 0. The Bertz CT molecular complexity index is 1640. The van der Waals surface area contributed by atoms with Crippen LogP contribution in [-0.4, -0.2) is 66.5 Å². The largest absolute Gasteiger partial charge is 0.472 e. The molecule has 3 unspecified atom stereocenters. The van der Waals surface area contributed by atoms with E-state index in [2.05, 4.69) is 118 Å². The van der Waals surface area contributed by atoms with Gasteiger partial charge in [0.25, 0.3) is 0 Å². The van der Waals surface area contributed by atoms with Crippen LogP contribution >= 0.6 is 7.82 Å². The molecular formula is C64H109O11P. The van der Waals surface area contributed by atoms with Crippen molar-refractivity contribution in [1.29, 1.82) is 0 Å². The van der Waals surface area contributed by atoms with Crippen LogP contribution in [-0.2, 0) is 42.2 Å². The standard InChI is InChI=1S/C64H109O11P/c1-4-7-10-13-16-19-22-24-26-28-30-32-34-36-39-41-44-47-50-53-62(66)71-57-61(75-64(68)55-52-49-46-43-40-37-35-33-31-29-27-25-23-20-17-14-11-8-5-2)59-73-76(69,70)72-58-60(56-65)74-63(67)54-51-48-45-42-38-21-18-15-12-9-6-3/h7,10,16-17,19-20,24-27,30-33,36,39,60-61,65H,4-6,8-9,11-15,18,21-23,28-29,34-35,37-38,40-59H2,1-3H3,(H,69,70)/b10-7-,19-16-,20-17-,26-24-,27-25-,32-30-,33-31-,39-36-. The second-order valence-electron chi connectivity index (χ2n) is 19.8. The quantitative estimate of drug-likeness (QED) is 0.0197. The first kappa shape index (κ1) is 72.4. The van der Waals surface area contributed by atoms with Gasteiger partial charge in [0.05, 0.1) is 19.8 Å². The van der Waals surface area contributed by atoms with E-state index in [1.54, 1.807) is 0 Å². The molecular weight excluding hydrogens is 976 g/mol. The third-order valence-electron chi connectivity index (χ3n) is 12.5. The minimum Gasteiger partial charge on any atom is -0.462 e. The number of hydrogen-bond acceptors (Lipinski definition) is 10. The number of phosphoric ester groups is 1. The minimum atomic E-state index is -4.76. The molecule has 436 valence electrons. The van der Waals surface area contributed by atoms with Gasteiger partial charge in [-0.2, -0.15) is 0 Å². The molecule has 0 bridgehead atoms. The predicted octanol–water partition coefficient (Wildman–Crippen LogP) is 18.0. The molecule has 0 radical (unpaired) electrons. The molecule has 0 amide bonds. The molecule has 3 atom stereocenters. The highest BCUT2D eigenvalue weighted by Gasteiger charge is 2.28. The highest BCUT2D eigenvalue weighted by atomic mass is 31.2. The Kier molecular flexibility index (Phi) is 54.8. The Morgan fingerprint density at radius 3 is 1.09 bits per heavy atom. The number of carbonyl (C=O) groups excluding carboxylic acids is 3. The van der Waals surface area contributed by atoms with Crippen LogP contribution in [0.25, 0.3) is 0 Å². The number of esters is 3. The first-order valence-corrected chi connectivity index (χ1v) is 31.6. The van der Waals surface area contributed by atoms with Crippen molar-refractivity contribution in [2.24, 2.45) is 0 Å². The highest BCUT2D eigenvalue weighted by Crippen LogP contribution is 2.43. The zero-order valence-electron chi connectivity index (χ0n) is 48.2. The number of ether oxygens (including phenoxy) is 3. The van der Waals surface area contributed by atoms with Crippen molar-refractivity contribution < 1.29 is 52.2 Å². The summed E-state index contributed by atoms with van der Waals surface area (Å²) < 4.78 is 39.5. The topological polar surface area (TPSA) is 155 Å². The Balaban J connectivity index is 4.81. The lowest BCUT2D eigenvalue weighted by atomic mass is 10.1. The Morgan fingerprint density at radius 2 is 0.684 bits per heavy atom. The predicted molar refractivity (Wildman–Crippen MR) is 316 cm³/mol. The van der Waals surface area contributed by atoms with Crippen molar-refractivity contribution >= 4 is 25.7 Å². The number of aliphatic hydroxyl groups is 1. The van der Waals surface area contributed by atoms with E-state index in [0.717, 1.165) is 122 Å². The summed E-state index contributed by atoms with van der Waals surface area (Å²) >= 11 is 0. The van der Waals surface area contributed by atoms with Crippen LogP contribution in [0.2, 0.25) is 0 Å². The van der Waals surface area contributed by atoms with Crippen LogP contribution in [0.4, 0.5) is 0 Å². The third kappa shape index (κ3) is 55.2. The number of aliphatic hydroxyl groups excluding tert-OH is 1. The van der Waals surface area contributed by atoms with E-state index in [9.17, 15) is 28.9 Å². The van der Waals surface area contributed by atoms with Gasteiger partial charge in [-0.25, -0.2) is 4.57 Å². The summed E-state index contributed by atoms with van der Waals surface area (Å²) in [5.41, 5.74) is 0. The van der Waals surface area contributed by atoms with E-state index < -0.39 is 57.8 Å². The molecule has 12 heteroatoms. The lowest BCUT2D eigenvalue weighted by Crippen LogP contribution is -2.30. The molecule has 0 rings (SSSR count). The number of carbonyl (C=O) groups is 3. The van der Waals surface area contributed by atoms with Crippen LogP contribution in [0.3, 0.4) is 0 Å². The lowest BCUT2D eigenvalue weighted by molar-refractivity contribution is -0.161. The smallest absolute Gasteiger partial charge is 0.462 e. The molecule has 0 aromatic carbocycles. The average Bonchev–Trinajstić information content (AvgIpc) is 3.41. The maximum atomic E-state index is 12.9. The van der Waals surface area contributed by atoms with Gasteiger partial charge in [-0.15, -0.1) is 0 Å². The molecule has 0 aliphatic heterocycles. The summed E-state index contributed by atoms with van der Waals surface area (Å²) in [5.74, 6) is -1.52. The van der Waals surface area contributed by atoms with Crippen molar-refractivity contribution in [3.8, 4) is 0 Å². The van der Waals surface area contributed by atoms with Crippen molar-refractivity contribution in [1.82, 2.24) is 0 Å². The Labute approximate surface area is 463 Å². The number of rotatable bonds is 55. The van der Waals surface area contributed by atoms with Crippen LogP contribution in [0, 0.1) is 0 Å². The molecule has 11 nitrogen and oxygen atoms in total. The number of allylic oxidation sites excluding steroid dienone is 16. The molecule has 0 heterocycles. The zero-order valence-corrected chi connectivity index (χ0v) is 49.1. The molecule has 0 aromatic rings. The molecule has 0 aromatic heterocycles. The van der Waals surface area contributed by atoms with Crippen molar-refractivity contribution in [2.45, 2.75) is 264 Å². The second kappa shape index (κ2) is 57.6. The highest BCUT2D eigenvalue weighted by molar-refractivity contribution is 7.47. The van der Waals surface area contributed by atoms with Crippen LogP contribution in [0.1, 0.15) is 252 Å². The summed E-state index contributed by atoms with van der Waals surface area (Å²) in [6.07, 6.45) is 67.9. The lowest BCUT2D eigenvalue weighted by Gasteiger charge is -2.21. The van der Waals surface area contributed by atoms with Gasteiger partial charge in [0.2, 0.25) is 0 Å². The van der Waals surface area contributed by atoms with Gasteiger partial charge in [-0.1, -0.05) is 227 Å². The van der Waals surface area contributed by atoms with E-state index >= 15 is 0 Å². The summed E-state index contributed by atoms with van der Waals surface area (Å²) in [6.45, 7) is 4.45. The van der Waals surface area contributed by atoms with Crippen molar-refractivity contribution in [3.05, 3.63) is 97.2 Å². The molecule has 0 saturated heterocycles. The van der Waals surface area contributed by atoms with Crippen molar-refractivity contribution in [3.63, 3.8) is 0 Å². The summed E-state index contributed by atoms with van der Waals surface area (Å²) in [7, 11) is -4.76. The normalized spacial score (nSPS) is 14.0. The fourth-order valence-electron chi connectivity index (χ4n) is 7.92. The van der Waals surface area contributed by atoms with Gasteiger partial charge < -0.3 is 24.2 Å². The molecule has 0 fully saturated rings. The second-order valence-corrected chi connectivity index (χ2v) is 21.2. The van der Waals surface area contributed by atoms with Crippen molar-refractivity contribution in [2.75, 3.05) is 26.4 Å². The molecule has 0 aliphatic carbocycles. The Hall–Kier alpha value is -3.60. The average molecular weight is 1090 g/mol. The molecule has 2 N–H and O–H groups in total. The van der Waals surface area contributed by atoms with Gasteiger partial charge in [0, 0.05) is 19.3 Å². The van der Waals surface area contributed by atoms with Gasteiger partial charge >= 0.3 is 25.7 Å².